The van der Waals surface area contributed by atoms with Crippen molar-refractivity contribution in [3.63, 3.8) is 0 Å². The number of hydrogen-bond donors (Lipinski definition) is 2. The second-order valence-electron chi connectivity index (χ2n) is 15.7. The third kappa shape index (κ3) is 9.24. The number of nitrogens with one attached hydrogen (secondary N) is 2. The summed E-state index contributed by atoms with van der Waals surface area (Å²) in [5.41, 5.74) is 3.00. The van der Waals surface area contributed by atoms with Gasteiger partial charge in [-0.1, -0.05) is 32.4 Å². The molecule has 0 bridgehead atoms. The van der Waals surface area contributed by atoms with E-state index < -0.39 is 37.5 Å². The third-order valence-corrected chi connectivity index (χ3v) is 13.1. The highest BCUT2D eigenvalue weighted by molar-refractivity contribution is 6.74. The highest BCUT2D eigenvalue weighted by Gasteiger charge is 2.44. The molecule has 2 amide bonds. The summed E-state index contributed by atoms with van der Waals surface area (Å²) in [7, 11) is -2.27. The highest BCUT2D eigenvalue weighted by Crippen LogP contribution is 2.48. The van der Waals surface area contributed by atoms with Gasteiger partial charge in [0.2, 0.25) is 5.91 Å². The number of amides is 2. The van der Waals surface area contributed by atoms with Gasteiger partial charge in [0.05, 0.1) is 29.0 Å². The maximum atomic E-state index is 13.8. The summed E-state index contributed by atoms with van der Waals surface area (Å²) in [6.07, 6.45) is 1.14. The Morgan fingerprint density at radius 1 is 0.854 bits per heavy atom. The Balaban J connectivity index is 1.67. The number of carbonyl (C=O) groups excluding carboxylic acids is 3. The van der Waals surface area contributed by atoms with Gasteiger partial charge >= 0.3 is 12.1 Å². The molecule has 1 heterocycles. The molecule has 0 fully saturated rings. The molecule has 2 unspecified atom stereocenters. The molecule has 0 saturated carbocycles. The van der Waals surface area contributed by atoms with Crippen LogP contribution in [0.5, 0.6) is 0 Å². The standard InChI is InChI=1S/C37H48ClN3O6Si/c1-35(2,3)45-33(43)22-12-15-25(16-13-22)40-32(42)28-20-30(47-48(10,11)37(7,8)9)27-18-23(21-39-31(27)28)26-19-24(38)14-17-29(26)41-34(44)46-36(4,5)6/h12-19,21,28,30H,20H2,1-11H3,(H,40,42)(H,41,44). The first-order valence-electron chi connectivity index (χ1n) is 16.1. The van der Waals surface area contributed by atoms with Crippen LogP contribution < -0.4 is 10.6 Å². The van der Waals surface area contributed by atoms with Crippen LogP contribution in [0.4, 0.5) is 16.2 Å². The average Bonchev–Trinajstić information content (AvgIpc) is 3.29. The molecule has 2 aromatic carbocycles. The number of hydrogen-bond acceptors (Lipinski definition) is 7. The van der Waals surface area contributed by atoms with Crippen molar-refractivity contribution in [1.29, 1.82) is 0 Å². The van der Waals surface area contributed by atoms with E-state index in [-0.39, 0.29) is 17.0 Å². The summed E-state index contributed by atoms with van der Waals surface area (Å²) in [6, 6.07) is 13.8. The van der Waals surface area contributed by atoms with Gasteiger partial charge in [-0.15, -0.1) is 0 Å². The molecular formula is C37H48ClN3O6Si. The van der Waals surface area contributed by atoms with Gasteiger partial charge in [-0.2, -0.15) is 0 Å². The molecular weight excluding hydrogens is 646 g/mol. The van der Waals surface area contributed by atoms with Crippen LogP contribution in [0, 0.1) is 0 Å². The van der Waals surface area contributed by atoms with E-state index in [0.29, 0.717) is 45.2 Å². The van der Waals surface area contributed by atoms with Crippen LogP contribution in [0.3, 0.4) is 0 Å². The van der Waals surface area contributed by atoms with Crippen molar-refractivity contribution >= 4 is 49.3 Å². The smallest absolute Gasteiger partial charge is 0.412 e. The Morgan fingerprint density at radius 3 is 2.06 bits per heavy atom. The molecule has 0 saturated heterocycles. The molecule has 4 rings (SSSR count). The lowest BCUT2D eigenvalue weighted by Gasteiger charge is -2.38. The molecule has 2 N–H and O–H groups in total. The number of rotatable bonds is 7. The van der Waals surface area contributed by atoms with Gasteiger partial charge in [-0.3, -0.25) is 15.1 Å². The van der Waals surface area contributed by atoms with Crippen molar-refractivity contribution in [2.75, 3.05) is 10.6 Å². The monoisotopic (exact) mass is 693 g/mol. The second kappa shape index (κ2) is 13.6. The minimum atomic E-state index is -2.27. The van der Waals surface area contributed by atoms with Crippen LogP contribution >= 0.6 is 11.6 Å². The molecule has 1 aliphatic rings. The maximum absolute atomic E-state index is 13.8. The molecule has 0 aliphatic heterocycles. The van der Waals surface area contributed by atoms with Gasteiger partial charge in [-0.25, -0.2) is 9.59 Å². The van der Waals surface area contributed by atoms with Crippen molar-refractivity contribution in [3.8, 4) is 11.1 Å². The Morgan fingerprint density at radius 2 is 1.48 bits per heavy atom. The summed E-state index contributed by atoms with van der Waals surface area (Å²) in [6.45, 7) is 21.7. The van der Waals surface area contributed by atoms with Gasteiger partial charge in [0.15, 0.2) is 8.32 Å². The lowest BCUT2D eigenvalue weighted by molar-refractivity contribution is -0.118. The van der Waals surface area contributed by atoms with E-state index in [1.807, 2.05) is 26.8 Å². The number of aromatic nitrogens is 1. The first-order valence-corrected chi connectivity index (χ1v) is 19.4. The molecule has 258 valence electrons. The van der Waals surface area contributed by atoms with E-state index in [2.05, 4.69) is 44.5 Å². The van der Waals surface area contributed by atoms with Crippen LogP contribution in [-0.2, 0) is 18.7 Å². The fourth-order valence-electron chi connectivity index (χ4n) is 5.05. The Kier molecular flexibility index (Phi) is 10.5. The summed E-state index contributed by atoms with van der Waals surface area (Å²) in [5, 5.41) is 6.27. The van der Waals surface area contributed by atoms with Crippen molar-refractivity contribution in [1.82, 2.24) is 4.98 Å². The number of esters is 1. The number of fused-ring (bicyclic) bond motifs is 1. The quantitative estimate of drug-likeness (QED) is 0.187. The molecule has 2 atom stereocenters. The fourth-order valence-corrected chi connectivity index (χ4v) is 6.51. The van der Waals surface area contributed by atoms with E-state index >= 15 is 0 Å². The van der Waals surface area contributed by atoms with Crippen molar-refractivity contribution in [2.24, 2.45) is 0 Å². The minimum Gasteiger partial charge on any atom is -0.456 e. The average molecular weight is 694 g/mol. The van der Waals surface area contributed by atoms with E-state index in [1.54, 1.807) is 69.4 Å². The topological polar surface area (TPSA) is 116 Å². The first kappa shape index (κ1) is 37.1. The van der Waals surface area contributed by atoms with Crippen molar-refractivity contribution < 1.29 is 28.3 Å². The van der Waals surface area contributed by atoms with E-state index in [4.69, 9.17) is 30.5 Å². The molecule has 11 heteroatoms. The van der Waals surface area contributed by atoms with Crippen molar-refractivity contribution in [2.45, 2.75) is 110 Å². The fraction of sp³-hybridized carbons (Fsp3) is 0.459. The third-order valence-electron chi connectivity index (χ3n) is 8.35. The van der Waals surface area contributed by atoms with Crippen LogP contribution in [0.2, 0.25) is 23.2 Å². The number of halogens is 1. The summed E-state index contributed by atoms with van der Waals surface area (Å²) < 4.78 is 17.9. The van der Waals surface area contributed by atoms with Crippen LogP contribution in [0.15, 0.2) is 54.7 Å². The van der Waals surface area contributed by atoms with E-state index in [9.17, 15) is 14.4 Å². The van der Waals surface area contributed by atoms with Crippen molar-refractivity contribution in [3.05, 3.63) is 76.6 Å². The predicted octanol–water partition coefficient (Wildman–Crippen LogP) is 9.89. The van der Waals surface area contributed by atoms with Crippen LogP contribution in [0.1, 0.15) is 102 Å². The lowest BCUT2D eigenvalue weighted by atomic mass is 10.0. The minimum absolute atomic E-state index is 0.0636. The van der Waals surface area contributed by atoms with Crippen LogP contribution in [0.25, 0.3) is 11.1 Å². The zero-order chi connectivity index (χ0) is 35.8. The zero-order valence-electron chi connectivity index (χ0n) is 29.8. The Labute approximate surface area is 290 Å². The summed E-state index contributed by atoms with van der Waals surface area (Å²) in [4.78, 5) is 43.8. The Hall–Kier alpha value is -3.73. The molecule has 0 radical (unpaired) electrons. The predicted molar refractivity (Wildman–Crippen MR) is 193 cm³/mol. The van der Waals surface area contributed by atoms with E-state index in [1.165, 1.54) is 0 Å². The van der Waals surface area contributed by atoms with Gasteiger partial charge in [0.1, 0.15) is 11.2 Å². The lowest BCUT2D eigenvalue weighted by Crippen LogP contribution is -2.41. The molecule has 9 nitrogen and oxygen atoms in total. The molecule has 3 aromatic rings. The first-order chi connectivity index (χ1) is 22.0. The number of nitrogens with zero attached hydrogens (tertiary/aromatic N) is 1. The SMILES string of the molecule is CC(C)(C)OC(=O)Nc1ccc(Cl)cc1-c1cnc2c(c1)C(O[Si](C)(C)C(C)(C)C)CC2C(=O)Nc1ccc(C(=O)OC(C)(C)C)cc1. The zero-order valence-corrected chi connectivity index (χ0v) is 31.6. The molecule has 1 aromatic heterocycles. The summed E-state index contributed by atoms with van der Waals surface area (Å²) in [5.74, 6) is -1.23. The molecule has 0 spiro atoms. The molecule has 1 aliphatic carbocycles. The largest absolute Gasteiger partial charge is 0.456 e. The number of benzene rings is 2. The molecule has 48 heavy (non-hydrogen) atoms. The van der Waals surface area contributed by atoms with Gasteiger partial charge < -0.3 is 19.2 Å². The number of anilines is 2. The van der Waals surface area contributed by atoms with Crippen LogP contribution in [-0.4, -0.2) is 42.5 Å². The van der Waals surface area contributed by atoms with Gasteiger partial charge in [0.25, 0.3) is 0 Å². The van der Waals surface area contributed by atoms with Gasteiger partial charge in [0, 0.05) is 33.6 Å². The number of ether oxygens (including phenoxy) is 2. The normalized spacial score (nSPS) is 16.6. The second-order valence-corrected chi connectivity index (χ2v) is 20.9. The number of pyridine rings is 1. The summed E-state index contributed by atoms with van der Waals surface area (Å²) >= 11 is 6.43. The Bertz CT molecular complexity index is 1690. The van der Waals surface area contributed by atoms with Gasteiger partial charge in [-0.05, 0) is 115 Å². The maximum Gasteiger partial charge on any atom is 0.412 e. The highest BCUT2D eigenvalue weighted by atomic mass is 35.5. The van der Waals surface area contributed by atoms with E-state index in [0.717, 1.165) is 5.56 Å². The number of carbonyl (C=O) groups is 3.